The average Bonchev–Trinajstić information content (AvgIpc) is 2.65. The molecule has 0 N–H and O–H groups in total. The van der Waals surface area contributed by atoms with Crippen LogP contribution in [0.5, 0.6) is 5.88 Å². The Balaban J connectivity index is 2.22. The number of hydrogen-bond donors (Lipinski definition) is 1. The zero-order valence-corrected chi connectivity index (χ0v) is 14.0. The Morgan fingerprint density at radius 2 is 1.86 bits per heavy atom. The van der Waals surface area contributed by atoms with Gasteiger partial charge in [0, 0.05) is 11.8 Å². The Bertz CT molecular complexity index is 516. The van der Waals surface area contributed by atoms with Gasteiger partial charge in [0.25, 0.3) is 0 Å². The summed E-state index contributed by atoms with van der Waals surface area (Å²) in [5.74, 6) is 1.00. The summed E-state index contributed by atoms with van der Waals surface area (Å²) >= 11 is 4.37. The first-order valence-corrected chi connectivity index (χ1v) is 7.47. The molecule has 0 unspecified atom stereocenters. The second kappa shape index (κ2) is 5.98. The van der Waals surface area contributed by atoms with E-state index >= 15 is 0 Å². The van der Waals surface area contributed by atoms with Gasteiger partial charge in [-0.15, -0.1) is 10.2 Å². The van der Waals surface area contributed by atoms with Crippen LogP contribution in [-0.2, 0) is 9.31 Å². The molecule has 0 spiro atoms. The molecule has 0 atom stereocenters. The zero-order chi connectivity index (χ0) is 15.7. The standard InChI is InChI=1S/C14H21BN2O3S/c1-13(2)14(3,4)20-15(19-13)10(9-21)8-11-6-7-12(18-5)17-16-11/h6-8,21H,9H2,1-5H3. The molecule has 1 aliphatic heterocycles. The lowest BCUT2D eigenvalue weighted by Gasteiger charge is -2.32. The summed E-state index contributed by atoms with van der Waals surface area (Å²) in [6, 6.07) is 3.60. The first kappa shape index (κ1) is 16.3. The fraction of sp³-hybridized carbons (Fsp3) is 0.571. The van der Waals surface area contributed by atoms with Crippen LogP contribution in [0.25, 0.3) is 6.08 Å². The second-order valence-electron chi connectivity index (χ2n) is 5.97. The topological polar surface area (TPSA) is 53.5 Å². The SMILES string of the molecule is COc1ccc(C=C(CS)B2OC(C)(C)C(C)(C)O2)nn1. The lowest BCUT2D eigenvalue weighted by molar-refractivity contribution is 0.00578. The molecule has 1 aromatic rings. The molecule has 0 amide bonds. The largest absolute Gasteiger partial charge is 0.491 e. The van der Waals surface area contributed by atoms with Crippen molar-refractivity contribution >= 4 is 25.8 Å². The summed E-state index contributed by atoms with van der Waals surface area (Å²) in [7, 11) is 1.14. The number of aromatic nitrogens is 2. The van der Waals surface area contributed by atoms with Crippen molar-refractivity contribution in [2.24, 2.45) is 0 Å². The van der Waals surface area contributed by atoms with Gasteiger partial charge in [0.05, 0.1) is 24.0 Å². The van der Waals surface area contributed by atoms with Crippen LogP contribution in [0.4, 0.5) is 0 Å². The van der Waals surface area contributed by atoms with Crippen LogP contribution in [0.15, 0.2) is 17.6 Å². The Kier molecular flexibility index (Phi) is 4.65. The van der Waals surface area contributed by atoms with Crippen molar-refractivity contribution in [3.05, 3.63) is 23.3 Å². The quantitative estimate of drug-likeness (QED) is 0.684. The highest BCUT2D eigenvalue weighted by Crippen LogP contribution is 2.38. The van der Waals surface area contributed by atoms with Crippen molar-refractivity contribution in [3.63, 3.8) is 0 Å². The fourth-order valence-electron chi connectivity index (χ4n) is 1.89. The van der Waals surface area contributed by atoms with Crippen molar-refractivity contribution in [2.75, 3.05) is 12.9 Å². The van der Waals surface area contributed by atoms with E-state index < -0.39 is 7.12 Å². The lowest BCUT2D eigenvalue weighted by Crippen LogP contribution is -2.41. The Morgan fingerprint density at radius 3 is 2.29 bits per heavy atom. The van der Waals surface area contributed by atoms with Crippen molar-refractivity contribution in [2.45, 2.75) is 38.9 Å². The molecule has 2 heterocycles. The molecular weight excluding hydrogens is 287 g/mol. The Morgan fingerprint density at radius 1 is 1.24 bits per heavy atom. The molecule has 0 aromatic carbocycles. The van der Waals surface area contributed by atoms with E-state index in [0.29, 0.717) is 11.6 Å². The Hall–Kier alpha value is -1.05. The smallest absolute Gasteiger partial charge is 0.480 e. The highest BCUT2D eigenvalue weighted by molar-refractivity contribution is 7.80. The summed E-state index contributed by atoms with van der Waals surface area (Å²) < 4.78 is 17.0. The number of thiol groups is 1. The number of hydrogen-bond acceptors (Lipinski definition) is 6. The van der Waals surface area contributed by atoms with E-state index in [1.165, 1.54) is 0 Å². The molecule has 21 heavy (non-hydrogen) atoms. The van der Waals surface area contributed by atoms with Gasteiger partial charge in [-0.25, -0.2) is 0 Å². The van der Waals surface area contributed by atoms with E-state index in [9.17, 15) is 0 Å². The minimum absolute atomic E-state index is 0.370. The molecule has 0 aliphatic carbocycles. The van der Waals surface area contributed by atoms with Gasteiger partial charge in [-0.3, -0.25) is 0 Å². The van der Waals surface area contributed by atoms with E-state index in [2.05, 4.69) is 22.8 Å². The van der Waals surface area contributed by atoms with Crippen LogP contribution in [0.2, 0.25) is 0 Å². The number of rotatable bonds is 4. The summed E-state index contributed by atoms with van der Waals surface area (Å²) in [4.78, 5) is 0. The average molecular weight is 308 g/mol. The molecule has 0 radical (unpaired) electrons. The van der Waals surface area contributed by atoms with Gasteiger partial charge in [-0.05, 0) is 45.3 Å². The van der Waals surface area contributed by atoms with E-state index in [4.69, 9.17) is 14.0 Å². The molecule has 1 saturated heterocycles. The summed E-state index contributed by atoms with van der Waals surface area (Å²) in [6.45, 7) is 8.10. The maximum absolute atomic E-state index is 6.02. The van der Waals surface area contributed by atoms with Gasteiger partial charge in [-0.2, -0.15) is 12.6 Å². The Labute approximate surface area is 131 Å². The molecule has 0 bridgehead atoms. The molecule has 7 heteroatoms. The van der Waals surface area contributed by atoms with Gasteiger partial charge in [0.15, 0.2) is 0 Å². The third-order valence-corrected chi connectivity index (χ3v) is 4.31. The monoisotopic (exact) mass is 308 g/mol. The predicted octanol–water partition coefficient (Wildman–Crippen LogP) is 2.43. The minimum atomic E-state index is -0.420. The minimum Gasteiger partial charge on any atom is -0.480 e. The number of methoxy groups -OCH3 is 1. The summed E-state index contributed by atoms with van der Waals surface area (Å²) in [5.41, 5.74) is 0.891. The molecular formula is C14H21BN2O3S. The van der Waals surface area contributed by atoms with Gasteiger partial charge >= 0.3 is 7.12 Å². The second-order valence-corrected chi connectivity index (χ2v) is 6.28. The first-order valence-electron chi connectivity index (χ1n) is 6.84. The third kappa shape index (κ3) is 3.41. The molecule has 5 nitrogen and oxygen atoms in total. The van der Waals surface area contributed by atoms with E-state index in [1.54, 1.807) is 13.2 Å². The zero-order valence-electron chi connectivity index (χ0n) is 13.1. The highest BCUT2D eigenvalue weighted by Gasteiger charge is 2.52. The van der Waals surface area contributed by atoms with Gasteiger partial charge in [0.2, 0.25) is 5.88 Å². The van der Waals surface area contributed by atoms with Crippen LogP contribution in [0.1, 0.15) is 33.4 Å². The van der Waals surface area contributed by atoms with Gasteiger partial charge < -0.3 is 14.0 Å². The van der Waals surface area contributed by atoms with Crippen LogP contribution in [0.3, 0.4) is 0 Å². The highest BCUT2D eigenvalue weighted by atomic mass is 32.1. The van der Waals surface area contributed by atoms with Crippen LogP contribution >= 0.6 is 12.6 Å². The molecule has 1 fully saturated rings. The molecule has 0 saturated carbocycles. The first-order chi connectivity index (χ1) is 9.79. The van der Waals surface area contributed by atoms with Crippen LogP contribution < -0.4 is 4.74 Å². The maximum atomic E-state index is 6.02. The van der Waals surface area contributed by atoms with Gasteiger partial charge in [0.1, 0.15) is 0 Å². The van der Waals surface area contributed by atoms with Crippen LogP contribution in [0, 0.1) is 0 Å². The third-order valence-electron chi connectivity index (χ3n) is 3.94. The number of ether oxygens (including phenoxy) is 1. The lowest BCUT2D eigenvalue weighted by atomic mass is 9.78. The summed E-state index contributed by atoms with van der Waals surface area (Å²) in [5, 5.41) is 8.03. The van der Waals surface area contributed by atoms with Gasteiger partial charge in [-0.1, -0.05) is 0 Å². The summed E-state index contributed by atoms with van der Waals surface area (Å²) in [6.07, 6.45) is 1.89. The molecule has 114 valence electrons. The van der Waals surface area contributed by atoms with Crippen molar-refractivity contribution < 1.29 is 14.0 Å². The normalized spacial score (nSPS) is 20.7. The molecule has 1 aliphatic rings. The predicted molar refractivity (Wildman–Crippen MR) is 86.5 cm³/mol. The molecule has 2 rings (SSSR count). The van der Waals surface area contributed by atoms with Crippen LogP contribution in [-0.4, -0.2) is 41.4 Å². The van der Waals surface area contributed by atoms with Crippen molar-refractivity contribution in [3.8, 4) is 5.88 Å². The van der Waals surface area contributed by atoms with E-state index in [-0.39, 0.29) is 11.2 Å². The van der Waals surface area contributed by atoms with Crippen molar-refractivity contribution in [1.29, 1.82) is 0 Å². The van der Waals surface area contributed by atoms with E-state index in [0.717, 1.165) is 11.2 Å². The fourth-order valence-corrected chi connectivity index (χ4v) is 2.13. The van der Waals surface area contributed by atoms with Crippen molar-refractivity contribution in [1.82, 2.24) is 10.2 Å². The van der Waals surface area contributed by atoms with E-state index in [1.807, 2.05) is 39.8 Å². The molecule has 1 aromatic heterocycles. The number of nitrogens with zero attached hydrogens (tertiary/aromatic N) is 2. The maximum Gasteiger partial charge on any atom is 0.491 e.